The van der Waals surface area contributed by atoms with Gasteiger partial charge in [-0.25, -0.2) is 0 Å². The van der Waals surface area contributed by atoms with Crippen molar-refractivity contribution in [2.45, 2.75) is 64.5 Å². The second-order valence-electron chi connectivity index (χ2n) is 6.57. The molecule has 1 fully saturated rings. The maximum absolute atomic E-state index is 12.1. The third-order valence-corrected chi connectivity index (χ3v) is 3.88. The smallest absolute Gasteiger partial charge is 0.305 e. The number of aliphatic carboxylic acids is 1. The van der Waals surface area contributed by atoms with E-state index in [9.17, 15) is 9.59 Å². The van der Waals surface area contributed by atoms with Crippen molar-refractivity contribution in [2.24, 2.45) is 5.92 Å². The summed E-state index contributed by atoms with van der Waals surface area (Å²) in [4.78, 5) is 23.1. The molecule has 0 aliphatic carbocycles. The Morgan fingerprint density at radius 1 is 1.27 bits per heavy atom. The van der Waals surface area contributed by atoms with Gasteiger partial charge in [0.15, 0.2) is 0 Å². The Balaban J connectivity index is 2.38. The van der Waals surface area contributed by atoms with Gasteiger partial charge in [0.05, 0.1) is 24.7 Å². The van der Waals surface area contributed by atoms with Gasteiger partial charge in [-0.2, -0.15) is 0 Å². The molecule has 0 radical (unpaired) electrons. The first-order chi connectivity index (χ1) is 10.3. The highest BCUT2D eigenvalue weighted by Crippen LogP contribution is 2.24. The molecule has 0 aromatic carbocycles. The highest BCUT2D eigenvalue weighted by Gasteiger charge is 2.36. The summed E-state index contributed by atoms with van der Waals surface area (Å²) >= 11 is 0. The number of ether oxygens (including phenoxy) is 2. The molecule has 6 heteroatoms. The van der Waals surface area contributed by atoms with Crippen molar-refractivity contribution in [3.05, 3.63) is 0 Å². The first-order valence-corrected chi connectivity index (χ1v) is 8.05. The van der Waals surface area contributed by atoms with E-state index in [-0.39, 0.29) is 24.9 Å². The van der Waals surface area contributed by atoms with Crippen LogP contribution in [-0.2, 0) is 19.1 Å². The summed E-state index contributed by atoms with van der Waals surface area (Å²) in [5.41, 5.74) is -0.676. The van der Waals surface area contributed by atoms with Crippen LogP contribution in [0.2, 0.25) is 0 Å². The Bertz CT molecular complexity index is 364. The molecule has 1 amide bonds. The van der Waals surface area contributed by atoms with Crippen LogP contribution in [0.25, 0.3) is 0 Å². The molecule has 1 atom stereocenters. The van der Waals surface area contributed by atoms with E-state index in [4.69, 9.17) is 14.6 Å². The van der Waals surface area contributed by atoms with Gasteiger partial charge in [0.1, 0.15) is 0 Å². The summed E-state index contributed by atoms with van der Waals surface area (Å²) in [6, 6.07) is 0. The molecule has 2 N–H and O–H groups in total. The topological polar surface area (TPSA) is 84.9 Å². The first kappa shape index (κ1) is 18.9. The van der Waals surface area contributed by atoms with Crippen molar-refractivity contribution in [3.8, 4) is 0 Å². The van der Waals surface area contributed by atoms with E-state index >= 15 is 0 Å². The molecular formula is C16H29NO5. The summed E-state index contributed by atoms with van der Waals surface area (Å²) in [7, 11) is 0. The number of carboxylic acids is 1. The van der Waals surface area contributed by atoms with E-state index < -0.39 is 11.5 Å². The number of amides is 1. The molecule has 1 aliphatic rings. The van der Waals surface area contributed by atoms with Crippen molar-refractivity contribution in [1.82, 2.24) is 5.32 Å². The van der Waals surface area contributed by atoms with Crippen molar-refractivity contribution in [2.75, 3.05) is 19.8 Å². The summed E-state index contributed by atoms with van der Waals surface area (Å²) < 4.78 is 10.9. The minimum Gasteiger partial charge on any atom is -0.481 e. The minimum atomic E-state index is -0.899. The average molecular weight is 315 g/mol. The van der Waals surface area contributed by atoms with Crippen LogP contribution in [0.15, 0.2) is 0 Å². The SMILES string of the molecule is CC(C)CC(C)OCCC(=O)NC1(CC(=O)O)CCOCC1. The van der Waals surface area contributed by atoms with E-state index in [2.05, 4.69) is 19.2 Å². The summed E-state index contributed by atoms with van der Waals surface area (Å²) in [5.74, 6) is -0.492. The molecule has 0 bridgehead atoms. The van der Waals surface area contributed by atoms with Gasteiger partial charge >= 0.3 is 5.97 Å². The van der Waals surface area contributed by atoms with Crippen LogP contribution in [0.4, 0.5) is 0 Å². The predicted molar refractivity (Wildman–Crippen MR) is 82.7 cm³/mol. The molecule has 128 valence electrons. The van der Waals surface area contributed by atoms with Crippen molar-refractivity contribution in [1.29, 1.82) is 0 Å². The van der Waals surface area contributed by atoms with E-state index in [1.54, 1.807) is 0 Å². The molecular weight excluding hydrogens is 286 g/mol. The van der Waals surface area contributed by atoms with Gasteiger partial charge in [-0.3, -0.25) is 9.59 Å². The molecule has 0 aromatic heterocycles. The number of carbonyl (C=O) groups is 2. The lowest BCUT2D eigenvalue weighted by Crippen LogP contribution is -2.53. The van der Waals surface area contributed by atoms with Crippen LogP contribution in [0.1, 0.15) is 52.9 Å². The predicted octanol–water partition coefficient (Wildman–Crippen LogP) is 1.97. The van der Waals surface area contributed by atoms with Gasteiger partial charge < -0.3 is 19.9 Å². The zero-order chi connectivity index (χ0) is 16.6. The molecule has 1 aliphatic heterocycles. The first-order valence-electron chi connectivity index (χ1n) is 8.05. The quantitative estimate of drug-likeness (QED) is 0.679. The zero-order valence-electron chi connectivity index (χ0n) is 13.9. The number of nitrogens with one attached hydrogen (secondary N) is 1. The maximum Gasteiger partial charge on any atom is 0.305 e. The van der Waals surface area contributed by atoms with Gasteiger partial charge in [-0.15, -0.1) is 0 Å². The Hall–Kier alpha value is -1.14. The van der Waals surface area contributed by atoms with Crippen molar-refractivity contribution < 1.29 is 24.2 Å². The van der Waals surface area contributed by atoms with Crippen LogP contribution in [-0.4, -0.2) is 48.4 Å². The second-order valence-corrected chi connectivity index (χ2v) is 6.57. The van der Waals surface area contributed by atoms with Crippen LogP contribution in [0.3, 0.4) is 0 Å². The number of rotatable bonds is 9. The normalized spacial score (nSPS) is 18.9. The lowest BCUT2D eigenvalue weighted by molar-refractivity contribution is -0.140. The van der Waals surface area contributed by atoms with Gasteiger partial charge in [-0.05, 0) is 32.1 Å². The molecule has 1 rings (SSSR count). The third-order valence-electron chi connectivity index (χ3n) is 3.88. The van der Waals surface area contributed by atoms with Crippen LogP contribution in [0, 0.1) is 5.92 Å². The van der Waals surface area contributed by atoms with E-state index in [0.29, 0.717) is 38.6 Å². The highest BCUT2D eigenvalue weighted by molar-refractivity contribution is 5.78. The number of carbonyl (C=O) groups excluding carboxylic acids is 1. The molecule has 6 nitrogen and oxygen atoms in total. The largest absolute Gasteiger partial charge is 0.481 e. The number of hydrogen-bond donors (Lipinski definition) is 2. The minimum absolute atomic E-state index is 0.0628. The monoisotopic (exact) mass is 315 g/mol. The average Bonchev–Trinajstić information content (AvgIpc) is 2.37. The summed E-state index contributed by atoms with van der Waals surface area (Å²) in [5, 5.41) is 12.0. The fourth-order valence-electron chi connectivity index (χ4n) is 2.84. The summed E-state index contributed by atoms with van der Waals surface area (Å²) in [6.07, 6.45) is 2.36. The maximum atomic E-state index is 12.1. The molecule has 0 spiro atoms. The fourth-order valence-corrected chi connectivity index (χ4v) is 2.84. The Labute approximate surface area is 132 Å². The fraction of sp³-hybridized carbons (Fsp3) is 0.875. The van der Waals surface area contributed by atoms with E-state index in [0.717, 1.165) is 6.42 Å². The van der Waals surface area contributed by atoms with E-state index in [1.165, 1.54) is 0 Å². The Morgan fingerprint density at radius 3 is 2.45 bits per heavy atom. The van der Waals surface area contributed by atoms with Gasteiger partial charge in [0.25, 0.3) is 0 Å². The zero-order valence-corrected chi connectivity index (χ0v) is 13.9. The summed E-state index contributed by atoms with van der Waals surface area (Å²) in [6.45, 7) is 7.59. The molecule has 22 heavy (non-hydrogen) atoms. The number of hydrogen-bond acceptors (Lipinski definition) is 4. The van der Waals surface area contributed by atoms with Crippen LogP contribution < -0.4 is 5.32 Å². The van der Waals surface area contributed by atoms with E-state index in [1.807, 2.05) is 6.92 Å². The molecule has 1 saturated heterocycles. The van der Waals surface area contributed by atoms with Crippen LogP contribution in [0.5, 0.6) is 0 Å². The lowest BCUT2D eigenvalue weighted by atomic mass is 9.86. The second kappa shape index (κ2) is 9.10. The highest BCUT2D eigenvalue weighted by atomic mass is 16.5. The van der Waals surface area contributed by atoms with Gasteiger partial charge in [0, 0.05) is 19.6 Å². The Kier molecular flexibility index (Phi) is 7.82. The molecule has 1 unspecified atom stereocenters. The Morgan fingerprint density at radius 2 is 1.91 bits per heavy atom. The number of carboxylic acid groups (broad SMARTS) is 1. The van der Waals surface area contributed by atoms with Crippen molar-refractivity contribution >= 4 is 11.9 Å². The van der Waals surface area contributed by atoms with Crippen LogP contribution >= 0.6 is 0 Å². The van der Waals surface area contributed by atoms with Crippen molar-refractivity contribution in [3.63, 3.8) is 0 Å². The standard InChI is InChI=1S/C16H29NO5/c1-12(2)10-13(3)22-7-4-14(18)17-16(11-15(19)20)5-8-21-9-6-16/h12-13H,4-11H2,1-3H3,(H,17,18)(H,19,20). The molecule has 1 heterocycles. The lowest BCUT2D eigenvalue weighted by Gasteiger charge is -2.36. The molecule has 0 aromatic rings. The molecule has 0 saturated carbocycles. The van der Waals surface area contributed by atoms with Gasteiger partial charge in [0.2, 0.25) is 5.91 Å². The van der Waals surface area contributed by atoms with Gasteiger partial charge in [-0.1, -0.05) is 13.8 Å². The third kappa shape index (κ3) is 7.22.